The van der Waals surface area contributed by atoms with Crippen molar-refractivity contribution < 1.29 is 0 Å². The van der Waals surface area contributed by atoms with E-state index in [9.17, 15) is 0 Å². The number of nitrogens with two attached hydrogens (primary N) is 1. The molecule has 2 rings (SSSR count). The van der Waals surface area contributed by atoms with E-state index in [1.807, 2.05) is 11.8 Å². The molecule has 1 fully saturated rings. The molecule has 0 aliphatic heterocycles. The zero-order chi connectivity index (χ0) is 12.6. The molecule has 0 radical (unpaired) electrons. The molecule has 2 atom stereocenters. The zero-order valence-electron chi connectivity index (χ0n) is 11.0. The lowest BCUT2D eigenvalue weighted by Crippen LogP contribution is -2.42. The molecule has 3 N–H and O–H groups in total. The van der Waals surface area contributed by atoms with Gasteiger partial charge in [-0.25, -0.2) is 0 Å². The van der Waals surface area contributed by atoms with Gasteiger partial charge in [0.1, 0.15) is 0 Å². The minimum atomic E-state index is 0.653. The highest BCUT2D eigenvalue weighted by molar-refractivity contribution is 7.99. The lowest BCUT2D eigenvalue weighted by atomic mass is 9.84. The predicted octanol–water partition coefficient (Wildman–Crippen LogP) is 2.89. The van der Waals surface area contributed by atoms with Crippen LogP contribution in [0.3, 0.4) is 0 Å². The van der Waals surface area contributed by atoms with Crippen LogP contribution in [-0.4, -0.2) is 24.9 Å². The summed E-state index contributed by atoms with van der Waals surface area (Å²) in [6.07, 6.45) is 5.33. The van der Waals surface area contributed by atoms with Gasteiger partial charge in [-0.15, -0.1) is 11.8 Å². The SMILES string of the molecule is NCC1CCCCC1NCCSc1ccccc1. The number of rotatable bonds is 6. The quantitative estimate of drug-likeness (QED) is 0.613. The smallest absolute Gasteiger partial charge is 0.0108 e. The van der Waals surface area contributed by atoms with Crippen molar-refractivity contribution in [3.05, 3.63) is 30.3 Å². The van der Waals surface area contributed by atoms with Gasteiger partial charge in [-0.1, -0.05) is 31.0 Å². The summed E-state index contributed by atoms with van der Waals surface area (Å²) in [5.74, 6) is 1.83. The Hall–Kier alpha value is -0.510. The lowest BCUT2D eigenvalue weighted by Gasteiger charge is -2.31. The van der Waals surface area contributed by atoms with Gasteiger partial charge in [-0.2, -0.15) is 0 Å². The zero-order valence-corrected chi connectivity index (χ0v) is 11.8. The first-order valence-electron chi connectivity index (χ1n) is 7.01. The summed E-state index contributed by atoms with van der Waals surface area (Å²) in [5, 5.41) is 3.69. The molecule has 0 spiro atoms. The molecule has 1 saturated carbocycles. The van der Waals surface area contributed by atoms with E-state index in [4.69, 9.17) is 5.73 Å². The Morgan fingerprint density at radius 1 is 1.17 bits per heavy atom. The Morgan fingerprint density at radius 2 is 1.94 bits per heavy atom. The second-order valence-corrected chi connectivity index (χ2v) is 6.17. The normalized spacial score (nSPS) is 24.1. The van der Waals surface area contributed by atoms with Gasteiger partial charge in [-0.3, -0.25) is 0 Å². The van der Waals surface area contributed by atoms with Crippen LogP contribution in [0.1, 0.15) is 25.7 Å². The Labute approximate surface area is 115 Å². The second kappa shape index (κ2) is 7.82. The molecule has 1 aliphatic carbocycles. The Morgan fingerprint density at radius 3 is 2.72 bits per heavy atom. The molecular weight excluding hydrogens is 240 g/mol. The van der Waals surface area contributed by atoms with Gasteiger partial charge in [0.25, 0.3) is 0 Å². The molecule has 0 aromatic heterocycles. The minimum Gasteiger partial charge on any atom is -0.330 e. The van der Waals surface area contributed by atoms with E-state index in [1.54, 1.807) is 0 Å². The highest BCUT2D eigenvalue weighted by Gasteiger charge is 2.22. The average molecular weight is 264 g/mol. The molecule has 0 saturated heterocycles. The second-order valence-electron chi connectivity index (χ2n) is 5.00. The predicted molar refractivity (Wildman–Crippen MR) is 80.0 cm³/mol. The summed E-state index contributed by atoms with van der Waals surface area (Å²) >= 11 is 1.92. The fourth-order valence-corrected chi connectivity index (χ4v) is 3.49. The number of benzene rings is 1. The summed E-state index contributed by atoms with van der Waals surface area (Å²) in [4.78, 5) is 1.36. The standard InChI is InChI=1S/C15H24N2S/c16-12-13-6-4-5-9-15(13)17-10-11-18-14-7-2-1-3-8-14/h1-3,7-8,13,15,17H,4-6,9-12,16H2. The Bertz CT molecular complexity index is 329. The molecule has 2 nitrogen and oxygen atoms in total. The molecule has 1 aromatic carbocycles. The van der Waals surface area contributed by atoms with E-state index in [1.165, 1.54) is 30.6 Å². The summed E-state index contributed by atoms with van der Waals surface area (Å²) in [5.41, 5.74) is 5.84. The van der Waals surface area contributed by atoms with E-state index in [0.717, 1.165) is 18.8 Å². The fourth-order valence-electron chi connectivity index (χ4n) is 2.69. The molecule has 0 amide bonds. The van der Waals surface area contributed by atoms with Crippen LogP contribution < -0.4 is 11.1 Å². The Kier molecular flexibility index (Phi) is 6.05. The van der Waals surface area contributed by atoms with Crippen molar-refractivity contribution >= 4 is 11.8 Å². The molecule has 3 heteroatoms. The number of hydrogen-bond acceptors (Lipinski definition) is 3. The molecular formula is C15H24N2S. The minimum absolute atomic E-state index is 0.653. The van der Waals surface area contributed by atoms with Crippen molar-refractivity contribution in [1.29, 1.82) is 0 Å². The summed E-state index contributed by atoms with van der Waals surface area (Å²) in [6, 6.07) is 11.3. The van der Waals surface area contributed by atoms with Crippen LogP contribution in [0.15, 0.2) is 35.2 Å². The van der Waals surface area contributed by atoms with E-state index >= 15 is 0 Å². The van der Waals surface area contributed by atoms with Crippen molar-refractivity contribution in [2.75, 3.05) is 18.8 Å². The van der Waals surface area contributed by atoms with Crippen molar-refractivity contribution in [2.45, 2.75) is 36.6 Å². The van der Waals surface area contributed by atoms with Crippen LogP contribution in [0.2, 0.25) is 0 Å². The molecule has 2 unspecified atom stereocenters. The van der Waals surface area contributed by atoms with Crippen LogP contribution in [-0.2, 0) is 0 Å². The van der Waals surface area contributed by atoms with E-state index in [2.05, 4.69) is 35.6 Å². The highest BCUT2D eigenvalue weighted by Crippen LogP contribution is 2.23. The van der Waals surface area contributed by atoms with E-state index in [0.29, 0.717) is 12.0 Å². The summed E-state index contributed by atoms with van der Waals surface area (Å²) < 4.78 is 0. The molecule has 18 heavy (non-hydrogen) atoms. The third-order valence-electron chi connectivity index (χ3n) is 3.73. The number of hydrogen-bond donors (Lipinski definition) is 2. The van der Waals surface area contributed by atoms with Crippen molar-refractivity contribution in [2.24, 2.45) is 11.7 Å². The van der Waals surface area contributed by atoms with Gasteiger partial charge in [0, 0.05) is 23.2 Å². The first kappa shape index (κ1) is 13.9. The first-order chi connectivity index (χ1) is 8.90. The molecule has 100 valence electrons. The largest absolute Gasteiger partial charge is 0.330 e. The highest BCUT2D eigenvalue weighted by atomic mass is 32.2. The van der Waals surface area contributed by atoms with Gasteiger partial charge in [0.05, 0.1) is 0 Å². The molecule has 0 heterocycles. The summed E-state index contributed by atoms with van der Waals surface area (Å²) in [6.45, 7) is 1.92. The maximum atomic E-state index is 5.84. The van der Waals surface area contributed by atoms with Gasteiger partial charge in [-0.05, 0) is 37.4 Å². The summed E-state index contributed by atoms with van der Waals surface area (Å²) in [7, 11) is 0. The number of thioether (sulfide) groups is 1. The maximum Gasteiger partial charge on any atom is 0.0108 e. The third-order valence-corrected chi connectivity index (χ3v) is 4.75. The topological polar surface area (TPSA) is 38.0 Å². The van der Waals surface area contributed by atoms with Crippen LogP contribution >= 0.6 is 11.8 Å². The van der Waals surface area contributed by atoms with Crippen LogP contribution in [0.5, 0.6) is 0 Å². The average Bonchev–Trinajstić information content (AvgIpc) is 2.45. The van der Waals surface area contributed by atoms with E-state index < -0.39 is 0 Å². The van der Waals surface area contributed by atoms with Gasteiger partial charge < -0.3 is 11.1 Å². The van der Waals surface area contributed by atoms with Crippen LogP contribution in [0.25, 0.3) is 0 Å². The molecule has 0 bridgehead atoms. The third kappa shape index (κ3) is 4.30. The van der Waals surface area contributed by atoms with Gasteiger partial charge in [0.2, 0.25) is 0 Å². The maximum absolute atomic E-state index is 5.84. The monoisotopic (exact) mass is 264 g/mol. The molecule has 1 aliphatic rings. The van der Waals surface area contributed by atoms with Crippen LogP contribution in [0.4, 0.5) is 0 Å². The number of nitrogens with one attached hydrogen (secondary N) is 1. The van der Waals surface area contributed by atoms with Crippen molar-refractivity contribution in [3.63, 3.8) is 0 Å². The van der Waals surface area contributed by atoms with Gasteiger partial charge in [0.15, 0.2) is 0 Å². The fraction of sp³-hybridized carbons (Fsp3) is 0.600. The van der Waals surface area contributed by atoms with Crippen LogP contribution in [0, 0.1) is 5.92 Å². The van der Waals surface area contributed by atoms with Gasteiger partial charge >= 0.3 is 0 Å². The molecule has 1 aromatic rings. The Balaban J connectivity index is 1.65. The van der Waals surface area contributed by atoms with Crippen molar-refractivity contribution in [1.82, 2.24) is 5.32 Å². The van der Waals surface area contributed by atoms with Crippen molar-refractivity contribution in [3.8, 4) is 0 Å². The first-order valence-corrected chi connectivity index (χ1v) is 8.00. The lowest BCUT2D eigenvalue weighted by molar-refractivity contribution is 0.272. The van der Waals surface area contributed by atoms with E-state index in [-0.39, 0.29) is 0 Å².